The molecule has 0 aliphatic carbocycles. The van der Waals surface area contributed by atoms with Crippen LogP contribution in [0.25, 0.3) is 6.08 Å². The summed E-state index contributed by atoms with van der Waals surface area (Å²) < 4.78 is 24.6. The number of anilines is 2. The van der Waals surface area contributed by atoms with Crippen LogP contribution in [0.5, 0.6) is 11.5 Å². The molecule has 5 amide bonds. The molecule has 2 N–H and O–H groups in total. The van der Waals surface area contributed by atoms with Crippen LogP contribution in [0.3, 0.4) is 0 Å². The van der Waals surface area contributed by atoms with Gasteiger partial charge in [0.25, 0.3) is 17.7 Å². The number of carbonyl (C=O) groups is 4. The Labute approximate surface area is 232 Å². The summed E-state index contributed by atoms with van der Waals surface area (Å²) in [4.78, 5) is 51.1. The van der Waals surface area contributed by atoms with E-state index in [2.05, 4.69) is 10.6 Å². The van der Waals surface area contributed by atoms with Crippen LogP contribution in [0.1, 0.15) is 12.5 Å². The van der Waals surface area contributed by atoms with Crippen molar-refractivity contribution in [3.8, 4) is 11.5 Å². The molecule has 0 saturated carbocycles. The van der Waals surface area contributed by atoms with Gasteiger partial charge in [0.15, 0.2) is 18.1 Å². The van der Waals surface area contributed by atoms with Gasteiger partial charge in [0.1, 0.15) is 11.4 Å². The Morgan fingerprint density at radius 3 is 2.44 bits per heavy atom. The summed E-state index contributed by atoms with van der Waals surface area (Å²) in [6.07, 6.45) is 1.23. The number of nitrogens with one attached hydrogen (secondary N) is 2. The molecule has 1 aliphatic heterocycles. The largest absolute Gasteiger partial charge is 0.490 e. The van der Waals surface area contributed by atoms with Crippen LogP contribution in [0, 0.1) is 5.82 Å². The SMILES string of the molecule is CCOc1cc(/C=C2\C(=O)NC(=O)N(c3ccc(F)cc3)C2=O)cc(Cl)c1OCC(=O)Nc1ccccc1Cl. The van der Waals surface area contributed by atoms with E-state index < -0.39 is 36.2 Å². The van der Waals surface area contributed by atoms with Gasteiger partial charge >= 0.3 is 6.03 Å². The molecule has 4 rings (SSSR count). The fraction of sp³-hybridized carbons (Fsp3) is 0.111. The zero-order valence-electron chi connectivity index (χ0n) is 20.3. The number of carbonyl (C=O) groups excluding carboxylic acids is 4. The highest BCUT2D eigenvalue weighted by Crippen LogP contribution is 2.37. The molecule has 0 radical (unpaired) electrons. The number of barbiturate groups is 1. The Morgan fingerprint density at radius 1 is 1.03 bits per heavy atom. The smallest absolute Gasteiger partial charge is 0.335 e. The molecule has 1 aliphatic rings. The van der Waals surface area contributed by atoms with Gasteiger partial charge in [-0.3, -0.25) is 19.7 Å². The normalized spacial score (nSPS) is 14.3. The number of ether oxygens (including phenoxy) is 2. The summed E-state index contributed by atoms with van der Waals surface area (Å²) in [5.41, 5.74) is 0.395. The van der Waals surface area contributed by atoms with Crippen molar-refractivity contribution < 1.29 is 33.0 Å². The zero-order valence-corrected chi connectivity index (χ0v) is 21.8. The number of hydrogen-bond donors (Lipinski definition) is 2. The lowest BCUT2D eigenvalue weighted by Crippen LogP contribution is -2.54. The van der Waals surface area contributed by atoms with Crippen molar-refractivity contribution in [3.05, 3.63) is 87.7 Å². The molecule has 1 saturated heterocycles. The minimum atomic E-state index is -0.972. The first-order chi connectivity index (χ1) is 18.7. The molecular formula is C27H20Cl2FN3O6. The number of amides is 5. The molecular weight excluding hydrogens is 552 g/mol. The third kappa shape index (κ3) is 6.36. The van der Waals surface area contributed by atoms with Crippen molar-refractivity contribution in [1.82, 2.24) is 5.32 Å². The van der Waals surface area contributed by atoms with E-state index >= 15 is 0 Å². The zero-order chi connectivity index (χ0) is 28.1. The van der Waals surface area contributed by atoms with Crippen molar-refractivity contribution in [2.75, 3.05) is 23.4 Å². The summed E-state index contributed by atoms with van der Waals surface area (Å²) in [7, 11) is 0. The predicted octanol–water partition coefficient (Wildman–Crippen LogP) is 5.22. The van der Waals surface area contributed by atoms with Crippen molar-refractivity contribution in [3.63, 3.8) is 0 Å². The van der Waals surface area contributed by atoms with Crippen LogP contribution in [0.2, 0.25) is 10.0 Å². The van der Waals surface area contributed by atoms with Crippen molar-refractivity contribution >= 4 is 64.4 Å². The highest BCUT2D eigenvalue weighted by molar-refractivity contribution is 6.39. The number of benzene rings is 3. The first-order valence-corrected chi connectivity index (χ1v) is 12.2. The molecule has 0 atom stereocenters. The molecule has 0 spiro atoms. The number of urea groups is 1. The molecule has 3 aromatic rings. The number of halogens is 3. The van der Waals surface area contributed by atoms with Gasteiger partial charge in [-0.1, -0.05) is 35.3 Å². The van der Waals surface area contributed by atoms with Gasteiger partial charge in [0, 0.05) is 0 Å². The van der Waals surface area contributed by atoms with E-state index in [-0.39, 0.29) is 40.0 Å². The number of hydrogen-bond acceptors (Lipinski definition) is 6. The molecule has 200 valence electrons. The van der Waals surface area contributed by atoms with Gasteiger partial charge in [-0.05, 0) is 67.1 Å². The Kier molecular flexibility index (Phi) is 8.48. The highest BCUT2D eigenvalue weighted by Gasteiger charge is 2.37. The number of para-hydroxylation sites is 1. The molecule has 1 fully saturated rings. The average Bonchev–Trinajstić information content (AvgIpc) is 2.88. The second-order valence-electron chi connectivity index (χ2n) is 8.01. The van der Waals surface area contributed by atoms with Crippen molar-refractivity contribution in [1.29, 1.82) is 0 Å². The van der Waals surface area contributed by atoms with Crippen molar-refractivity contribution in [2.24, 2.45) is 0 Å². The molecule has 0 bridgehead atoms. The van der Waals surface area contributed by atoms with Gasteiger partial charge < -0.3 is 14.8 Å². The van der Waals surface area contributed by atoms with E-state index in [1.54, 1.807) is 31.2 Å². The minimum Gasteiger partial charge on any atom is -0.490 e. The van der Waals surface area contributed by atoms with E-state index in [0.717, 1.165) is 12.1 Å². The summed E-state index contributed by atoms with van der Waals surface area (Å²) >= 11 is 12.5. The van der Waals surface area contributed by atoms with E-state index in [1.807, 2.05) is 0 Å². The van der Waals surface area contributed by atoms with E-state index in [0.29, 0.717) is 15.6 Å². The molecule has 9 nitrogen and oxygen atoms in total. The lowest BCUT2D eigenvalue weighted by atomic mass is 10.1. The number of nitrogens with zero attached hydrogens (tertiary/aromatic N) is 1. The number of imide groups is 2. The van der Waals surface area contributed by atoms with Crippen LogP contribution in [-0.4, -0.2) is 37.0 Å². The summed E-state index contributed by atoms with van der Waals surface area (Å²) in [6, 6.07) is 13.2. The maximum Gasteiger partial charge on any atom is 0.335 e. The standard InChI is InChI=1S/C27H20Cl2FN3O6/c1-2-38-22-13-15(12-20(29)24(22)39-14-23(34)31-21-6-4-3-5-19(21)28)11-18-25(35)32-27(37)33(26(18)36)17-9-7-16(30)8-10-17/h3-13H,2,14H2,1H3,(H,31,34)(H,32,35,37)/b18-11+. The van der Waals surface area contributed by atoms with E-state index in [1.165, 1.54) is 30.3 Å². The molecule has 39 heavy (non-hydrogen) atoms. The van der Waals surface area contributed by atoms with Crippen LogP contribution in [-0.2, 0) is 14.4 Å². The first-order valence-electron chi connectivity index (χ1n) is 11.5. The predicted molar refractivity (Wildman–Crippen MR) is 144 cm³/mol. The lowest BCUT2D eigenvalue weighted by Gasteiger charge is -2.26. The Morgan fingerprint density at radius 2 is 1.74 bits per heavy atom. The van der Waals surface area contributed by atoms with Gasteiger partial charge in [0.2, 0.25) is 0 Å². The molecule has 0 unspecified atom stereocenters. The average molecular weight is 572 g/mol. The Bertz CT molecular complexity index is 1490. The third-order valence-corrected chi connectivity index (χ3v) is 5.94. The minimum absolute atomic E-state index is 0.0356. The van der Waals surface area contributed by atoms with Crippen LogP contribution in [0.4, 0.5) is 20.6 Å². The molecule has 3 aromatic carbocycles. The lowest BCUT2D eigenvalue weighted by molar-refractivity contribution is -0.122. The van der Waals surface area contributed by atoms with Crippen LogP contribution >= 0.6 is 23.2 Å². The summed E-state index contributed by atoms with van der Waals surface area (Å²) in [5.74, 6) is -2.68. The Hall–Kier alpha value is -4.41. The second-order valence-corrected chi connectivity index (χ2v) is 8.83. The fourth-order valence-electron chi connectivity index (χ4n) is 3.61. The first kappa shape index (κ1) is 27.6. The van der Waals surface area contributed by atoms with Gasteiger partial charge in [-0.2, -0.15) is 0 Å². The topological polar surface area (TPSA) is 114 Å². The fourth-order valence-corrected chi connectivity index (χ4v) is 4.07. The van der Waals surface area contributed by atoms with Crippen molar-refractivity contribution in [2.45, 2.75) is 6.92 Å². The van der Waals surface area contributed by atoms with Crippen LogP contribution in [0.15, 0.2) is 66.2 Å². The third-order valence-electron chi connectivity index (χ3n) is 5.32. The maximum absolute atomic E-state index is 13.3. The Balaban J connectivity index is 1.58. The second kappa shape index (κ2) is 12.0. The van der Waals surface area contributed by atoms with E-state index in [4.69, 9.17) is 32.7 Å². The summed E-state index contributed by atoms with van der Waals surface area (Å²) in [5, 5.41) is 5.11. The monoisotopic (exact) mass is 571 g/mol. The molecule has 1 heterocycles. The molecule has 0 aromatic heterocycles. The molecule has 12 heteroatoms. The highest BCUT2D eigenvalue weighted by atomic mass is 35.5. The quantitative estimate of drug-likeness (QED) is 0.283. The van der Waals surface area contributed by atoms with Crippen LogP contribution < -0.4 is 25.0 Å². The van der Waals surface area contributed by atoms with Gasteiger partial charge in [0.05, 0.1) is 28.0 Å². The maximum atomic E-state index is 13.3. The van der Waals surface area contributed by atoms with Gasteiger partial charge in [-0.15, -0.1) is 0 Å². The number of rotatable bonds is 8. The summed E-state index contributed by atoms with van der Waals surface area (Å²) in [6.45, 7) is 1.52. The van der Waals surface area contributed by atoms with E-state index in [9.17, 15) is 23.6 Å². The van der Waals surface area contributed by atoms with Gasteiger partial charge in [-0.25, -0.2) is 14.1 Å².